The first kappa shape index (κ1) is 37.5. The van der Waals surface area contributed by atoms with Crippen molar-refractivity contribution < 1.29 is 11.0 Å². The Morgan fingerprint density at radius 1 is 1.00 bits per heavy atom. The minimum atomic E-state index is -0.380. The van der Waals surface area contributed by atoms with Gasteiger partial charge in [0.1, 0.15) is 12.2 Å². The van der Waals surface area contributed by atoms with Crippen LogP contribution in [0.3, 0.4) is 0 Å². The molecule has 7 heteroatoms. The maximum atomic E-state index is 14.0. The van der Waals surface area contributed by atoms with Crippen molar-refractivity contribution in [1.29, 1.82) is 0 Å². The third-order valence-electron chi connectivity index (χ3n) is 7.65. The number of amides is 3. The average Bonchev–Trinajstić information content (AvgIpc) is 3.07. The highest BCUT2D eigenvalue weighted by Crippen LogP contribution is 2.34. The van der Waals surface area contributed by atoms with Crippen molar-refractivity contribution in [3.63, 3.8) is 0 Å². The Morgan fingerprint density at radius 2 is 1.56 bits per heavy atom. The van der Waals surface area contributed by atoms with Crippen LogP contribution >= 0.6 is 0 Å². The zero-order chi connectivity index (χ0) is 32.5. The lowest BCUT2D eigenvalue weighted by Gasteiger charge is -2.57. The van der Waals surface area contributed by atoms with Crippen LogP contribution in [0.15, 0.2) is 78.7 Å². The summed E-state index contributed by atoms with van der Waals surface area (Å²) in [6.07, 6.45) is 0.501. The van der Waals surface area contributed by atoms with Gasteiger partial charge < -0.3 is 15.1 Å². The van der Waals surface area contributed by atoms with Crippen LogP contribution in [0.1, 0.15) is 87.2 Å². The van der Waals surface area contributed by atoms with E-state index in [1.807, 2.05) is 107 Å². The molecule has 0 bridgehead atoms. The molecule has 7 nitrogen and oxygen atoms in total. The Balaban J connectivity index is 0.00000249. The number of carbonyl (C=O) groups is 2. The predicted octanol–water partition coefficient (Wildman–Crippen LogP) is 7.74. The van der Waals surface area contributed by atoms with Crippen molar-refractivity contribution in [1.82, 2.24) is 25.1 Å². The van der Waals surface area contributed by atoms with Crippen LogP contribution in [0, 0.1) is 5.92 Å². The highest BCUT2D eigenvalue weighted by Gasteiger charge is 2.50. The van der Waals surface area contributed by atoms with E-state index in [-0.39, 0.29) is 37.4 Å². The number of nitrogens with one attached hydrogen (secondary N) is 1. The van der Waals surface area contributed by atoms with Gasteiger partial charge in [0.2, 0.25) is 5.91 Å². The third kappa shape index (κ3) is 9.47. The fourth-order valence-corrected chi connectivity index (χ4v) is 5.43. The van der Waals surface area contributed by atoms with Crippen LogP contribution in [0.2, 0.25) is 0 Å². The van der Waals surface area contributed by atoms with Gasteiger partial charge in [0.15, 0.2) is 0 Å². The first-order valence-corrected chi connectivity index (χ1v) is 16.2. The Labute approximate surface area is 263 Å². The maximum absolute atomic E-state index is 14.0. The van der Waals surface area contributed by atoms with Crippen molar-refractivity contribution in [2.75, 3.05) is 26.7 Å². The summed E-state index contributed by atoms with van der Waals surface area (Å²) < 4.78 is 0. The molecule has 2 aliphatic rings. The Bertz CT molecular complexity index is 1140. The minimum absolute atomic E-state index is 0. The van der Waals surface area contributed by atoms with E-state index < -0.39 is 0 Å². The SMILES string of the molecule is C=C=C1CN(C)N(C(=O)NCc2ccccc2)[C@H]2CN(CC(C)c3ccccc3)C(=O)[C@H](C(C)CC)N12.CC.CC.CC.[HH]. The molecule has 2 fully saturated rings. The average molecular weight is 594 g/mol. The quantitative estimate of drug-likeness (QED) is 0.334. The molecule has 2 saturated heterocycles. The van der Waals surface area contributed by atoms with Gasteiger partial charge in [0, 0.05) is 21.6 Å². The van der Waals surface area contributed by atoms with Gasteiger partial charge >= 0.3 is 6.03 Å². The first-order valence-electron chi connectivity index (χ1n) is 16.2. The van der Waals surface area contributed by atoms with Crippen molar-refractivity contribution in [2.45, 2.75) is 93.4 Å². The number of piperazine rings is 1. The van der Waals surface area contributed by atoms with Crippen LogP contribution in [-0.4, -0.2) is 70.6 Å². The molecule has 0 aromatic heterocycles. The highest BCUT2D eigenvalue weighted by molar-refractivity contribution is 5.84. The number of fused-ring (bicyclic) bond motifs is 1. The van der Waals surface area contributed by atoms with Crippen LogP contribution in [-0.2, 0) is 11.3 Å². The summed E-state index contributed by atoms with van der Waals surface area (Å²) in [7, 11) is 1.91. The summed E-state index contributed by atoms with van der Waals surface area (Å²) in [5, 5.41) is 6.77. The topological polar surface area (TPSA) is 59.1 Å². The van der Waals surface area contributed by atoms with E-state index in [2.05, 4.69) is 55.4 Å². The summed E-state index contributed by atoms with van der Waals surface area (Å²) in [6.45, 7) is 24.2. The predicted molar refractivity (Wildman–Crippen MR) is 182 cm³/mol. The fourth-order valence-electron chi connectivity index (χ4n) is 5.43. The van der Waals surface area contributed by atoms with E-state index in [9.17, 15) is 9.59 Å². The van der Waals surface area contributed by atoms with Crippen LogP contribution < -0.4 is 5.32 Å². The van der Waals surface area contributed by atoms with Crippen LogP contribution in [0.5, 0.6) is 0 Å². The Hall–Kier alpha value is -3.54. The summed E-state index contributed by atoms with van der Waals surface area (Å²) in [4.78, 5) is 31.6. The third-order valence-corrected chi connectivity index (χ3v) is 7.65. The number of likely N-dealkylation sites (N-methyl/N-ethyl adjacent to an activating group) is 1. The molecule has 43 heavy (non-hydrogen) atoms. The number of carbonyl (C=O) groups excluding carboxylic acids is 2. The molecule has 2 heterocycles. The summed E-state index contributed by atoms with van der Waals surface area (Å²) in [5.41, 5.74) is 6.17. The van der Waals surface area contributed by atoms with E-state index >= 15 is 0 Å². The second-order valence-electron chi connectivity index (χ2n) is 10.2. The number of urea groups is 1. The number of rotatable bonds is 7. The summed E-state index contributed by atoms with van der Waals surface area (Å²) in [5.74, 6) is 0.381. The van der Waals surface area contributed by atoms with Gasteiger partial charge in [-0.05, 0) is 23.0 Å². The molecular formula is C36H59N5O2. The molecule has 2 aliphatic heterocycles. The monoisotopic (exact) mass is 593 g/mol. The maximum Gasteiger partial charge on any atom is 0.334 e. The normalized spacial score (nSPS) is 19.2. The van der Waals surface area contributed by atoms with E-state index in [1.165, 1.54) is 5.56 Å². The zero-order valence-corrected chi connectivity index (χ0v) is 28.4. The highest BCUT2D eigenvalue weighted by atomic mass is 16.2. The van der Waals surface area contributed by atoms with E-state index in [1.54, 1.807) is 5.01 Å². The molecule has 2 aromatic rings. The van der Waals surface area contributed by atoms with Crippen molar-refractivity contribution in [3.8, 4) is 0 Å². The van der Waals surface area contributed by atoms with E-state index in [0.717, 1.165) is 17.7 Å². The minimum Gasteiger partial charge on any atom is -0.336 e. The van der Waals surface area contributed by atoms with Gasteiger partial charge in [-0.15, -0.1) is 5.73 Å². The van der Waals surface area contributed by atoms with Crippen LogP contribution in [0.25, 0.3) is 0 Å². The first-order chi connectivity index (χ1) is 20.8. The second kappa shape index (κ2) is 19.6. The molecule has 0 spiro atoms. The molecule has 0 saturated carbocycles. The Morgan fingerprint density at radius 3 is 2.09 bits per heavy atom. The lowest BCUT2D eigenvalue weighted by atomic mass is 9.91. The molecular weight excluding hydrogens is 534 g/mol. The van der Waals surface area contributed by atoms with Crippen molar-refractivity contribution in [2.24, 2.45) is 5.92 Å². The molecule has 4 rings (SSSR count). The summed E-state index contributed by atoms with van der Waals surface area (Å²) in [6, 6.07) is 19.6. The Kier molecular flexibility index (Phi) is 17.1. The van der Waals surface area contributed by atoms with E-state index in [0.29, 0.717) is 26.2 Å². The molecule has 4 atom stereocenters. The van der Waals surface area contributed by atoms with Gasteiger partial charge in [0.25, 0.3) is 0 Å². The second-order valence-corrected chi connectivity index (χ2v) is 10.2. The molecule has 2 unspecified atom stereocenters. The number of hydrogen-bond acceptors (Lipinski definition) is 4. The number of hydrazine groups is 1. The number of benzene rings is 2. The van der Waals surface area contributed by atoms with Crippen LogP contribution in [0.4, 0.5) is 4.79 Å². The zero-order valence-electron chi connectivity index (χ0n) is 28.4. The molecule has 0 radical (unpaired) electrons. The molecule has 3 amide bonds. The number of nitrogens with zero attached hydrogens (tertiary/aromatic N) is 4. The standard InChI is InChI=1S/C30H39N5O2.3C2H6.H2/c1-6-22(3)28-29(36)33(19-23(4)25-16-12-9-13-17-25)21-27-34(28)26(7-2)20-32(5)35(27)30(37)31-18-24-14-10-8-11-15-24;3*1-2;/h8-17,22-23,27-28H,2,6,18-21H2,1,3-5H3,(H,31,37);3*1-2H3;1H/t22?,23?,27-,28-;;;;/m0..../s1. The van der Waals surface area contributed by atoms with Gasteiger partial charge in [-0.2, -0.15) is 0 Å². The van der Waals surface area contributed by atoms with Crippen molar-refractivity contribution in [3.05, 3.63) is 89.8 Å². The van der Waals surface area contributed by atoms with Crippen molar-refractivity contribution >= 4 is 11.9 Å². The lowest BCUT2D eigenvalue weighted by Crippen LogP contribution is -2.74. The van der Waals surface area contributed by atoms with Gasteiger partial charge in [-0.1, -0.05) is 136 Å². The van der Waals surface area contributed by atoms with Gasteiger partial charge in [-0.3, -0.25) is 4.79 Å². The van der Waals surface area contributed by atoms with Gasteiger partial charge in [0.05, 0.1) is 18.8 Å². The fraction of sp³-hybridized carbons (Fsp3) is 0.528. The molecule has 0 aliphatic carbocycles. The van der Waals surface area contributed by atoms with Gasteiger partial charge in [-0.25, -0.2) is 14.8 Å². The molecule has 240 valence electrons. The largest absolute Gasteiger partial charge is 0.336 e. The smallest absolute Gasteiger partial charge is 0.334 e. The molecule has 2 aromatic carbocycles. The number of hydrogen-bond donors (Lipinski definition) is 1. The lowest BCUT2D eigenvalue weighted by molar-refractivity contribution is -0.168. The molecule has 1 N–H and O–H groups in total. The summed E-state index contributed by atoms with van der Waals surface area (Å²) >= 11 is 0. The van der Waals surface area contributed by atoms with E-state index in [4.69, 9.17) is 0 Å².